The topological polar surface area (TPSA) is 26.0 Å². The second kappa shape index (κ2) is 8.73. The van der Waals surface area contributed by atoms with Crippen LogP contribution in [-0.2, 0) is 6.42 Å². The number of anilines is 1. The predicted octanol–water partition coefficient (Wildman–Crippen LogP) is 5.81. The van der Waals surface area contributed by atoms with Crippen LogP contribution in [0, 0.1) is 13.8 Å². The van der Waals surface area contributed by atoms with Gasteiger partial charge in [0.2, 0.25) is 0 Å². The maximum Gasteiger partial charge on any atom is 0.0316 e. The quantitative estimate of drug-likeness (QED) is 0.607. The monoisotopic (exact) mass is 315 g/mol. The Balaban J connectivity index is 0.000000219. The minimum absolute atomic E-state index is 0.838. The highest BCUT2D eigenvalue weighted by molar-refractivity contribution is 5.47. The summed E-state index contributed by atoms with van der Waals surface area (Å²) in [6.07, 6.45) is 2.87. The molecule has 1 heteroatoms. The van der Waals surface area contributed by atoms with E-state index in [0.717, 1.165) is 12.1 Å². The second-order valence-electron chi connectivity index (χ2n) is 6.02. The van der Waals surface area contributed by atoms with E-state index < -0.39 is 0 Å². The van der Waals surface area contributed by atoms with Gasteiger partial charge in [0.05, 0.1) is 0 Å². The van der Waals surface area contributed by atoms with Gasteiger partial charge < -0.3 is 5.73 Å². The highest BCUT2D eigenvalue weighted by atomic mass is 14.5. The lowest BCUT2D eigenvalue weighted by Crippen LogP contribution is -1.88. The molecule has 0 fully saturated rings. The van der Waals surface area contributed by atoms with Crippen molar-refractivity contribution < 1.29 is 0 Å². The Labute approximate surface area is 145 Å². The van der Waals surface area contributed by atoms with Crippen LogP contribution in [0.25, 0.3) is 6.08 Å². The van der Waals surface area contributed by atoms with Crippen molar-refractivity contribution in [3.05, 3.63) is 107 Å². The predicted molar refractivity (Wildman–Crippen MR) is 106 cm³/mol. The van der Waals surface area contributed by atoms with Gasteiger partial charge in [0.25, 0.3) is 0 Å². The molecule has 0 radical (unpaired) electrons. The molecule has 3 rings (SSSR count). The van der Waals surface area contributed by atoms with Crippen molar-refractivity contribution in [3.63, 3.8) is 0 Å². The number of rotatable bonds is 3. The SMILES string of the molecule is C=Cc1ccc(Cc2ccc(C)cc2)cc1.Cc1cccc(N)c1. The van der Waals surface area contributed by atoms with Crippen LogP contribution in [0.5, 0.6) is 0 Å². The summed E-state index contributed by atoms with van der Waals surface area (Å²) in [6, 6.07) is 25.0. The van der Waals surface area contributed by atoms with Crippen LogP contribution in [-0.4, -0.2) is 0 Å². The van der Waals surface area contributed by atoms with E-state index in [9.17, 15) is 0 Å². The Morgan fingerprint density at radius 2 is 1.38 bits per heavy atom. The maximum atomic E-state index is 5.46. The van der Waals surface area contributed by atoms with Gasteiger partial charge in [-0.05, 0) is 54.7 Å². The molecular formula is C23H25N. The summed E-state index contributed by atoms with van der Waals surface area (Å²) >= 11 is 0. The van der Waals surface area contributed by atoms with Gasteiger partial charge >= 0.3 is 0 Å². The fourth-order valence-electron chi connectivity index (χ4n) is 2.38. The highest BCUT2D eigenvalue weighted by Crippen LogP contribution is 2.12. The van der Waals surface area contributed by atoms with E-state index in [2.05, 4.69) is 62.0 Å². The molecule has 0 aromatic heterocycles. The summed E-state index contributed by atoms with van der Waals surface area (Å²) in [5.74, 6) is 0. The molecule has 0 saturated heterocycles. The van der Waals surface area contributed by atoms with Crippen LogP contribution in [0.2, 0.25) is 0 Å². The zero-order valence-corrected chi connectivity index (χ0v) is 14.5. The Morgan fingerprint density at radius 3 is 1.83 bits per heavy atom. The van der Waals surface area contributed by atoms with Gasteiger partial charge in [-0.2, -0.15) is 0 Å². The number of hydrogen-bond donors (Lipinski definition) is 1. The number of aryl methyl sites for hydroxylation is 2. The van der Waals surface area contributed by atoms with E-state index >= 15 is 0 Å². The van der Waals surface area contributed by atoms with Crippen LogP contribution in [0.4, 0.5) is 5.69 Å². The first-order chi connectivity index (χ1) is 11.6. The Kier molecular flexibility index (Phi) is 6.39. The van der Waals surface area contributed by atoms with Crippen molar-refractivity contribution in [2.75, 3.05) is 5.73 Å². The van der Waals surface area contributed by atoms with E-state index in [1.807, 2.05) is 37.3 Å². The number of nitrogens with two attached hydrogens (primary N) is 1. The third-order valence-electron chi connectivity index (χ3n) is 3.79. The summed E-state index contributed by atoms with van der Waals surface area (Å²) in [5.41, 5.74) is 12.7. The van der Waals surface area contributed by atoms with Gasteiger partial charge in [0, 0.05) is 5.69 Å². The van der Waals surface area contributed by atoms with Crippen molar-refractivity contribution in [1.82, 2.24) is 0 Å². The van der Waals surface area contributed by atoms with Crippen LogP contribution in [0.3, 0.4) is 0 Å². The molecule has 0 amide bonds. The van der Waals surface area contributed by atoms with Crippen LogP contribution < -0.4 is 5.73 Å². The molecule has 2 N–H and O–H groups in total. The molecule has 0 spiro atoms. The van der Waals surface area contributed by atoms with Crippen LogP contribution in [0.1, 0.15) is 27.8 Å². The lowest BCUT2D eigenvalue weighted by Gasteiger charge is -2.03. The molecule has 0 heterocycles. The average Bonchev–Trinajstić information content (AvgIpc) is 2.58. The Hall–Kier alpha value is -2.80. The van der Waals surface area contributed by atoms with Crippen molar-refractivity contribution in [3.8, 4) is 0 Å². The number of hydrogen-bond acceptors (Lipinski definition) is 1. The molecule has 0 atom stereocenters. The van der Waals surface area contributed by atoms with Crippen molar-refractivity contribution in [1.29, 1.82) is 0 Å². The molecule has 3 aromatic rings. The van der Waals surface area contributed by atoms with Crippen LogP contribution >= 0.6 is 0 Å². The molecule has 0 bridgehead atoms. The summed E-state index contributed by atoms with van der Waals surface area (Å²) in [6.45, 7) is 7.89. The van der Waals surface area contributed by atoms with Crippen LogP contribution in [0.15, 0.2) is 79.4 Å². The van der Waals surface area contributed by atoms with E-state index in [4.69, 9.17) is 5.73 Å². The first-order valence-electron chi connectivity index (χ1n) is 8.16. The summed E-state index contributed by atoms with van der Waals surface area (Å²) in [7, 11) is 0. The molecule has 1 nitrogen and oxygen atoms in total. The van der Waals surface area contributed by atoms with Gasteiger partial charge in [-0.1, -0.05) is 78.9 Å². The Bertz CT molecular complexity index is 751. The average molecular weight is 315 g/mol. The Morgan fingerprint density at radius 1 is 0.792 bits per heavy atom. The van der Waals surface area contributed by atoms with Gasteiger partial charge in [-0.15, -0.1) is 0 Å². The summed E-state index contributed by atoms with van der Waals surface area (Å²) < 4.78 is 0. The fourth-order valence-corrected chi connectivity index (χ4v) is 2.38. The molecule has 0 aliphatic heterocycles. The minimum Gasteiger partial charge on any atom is -0.399 e. The molecule has 24 heavy (non-hydrogen) atoms. The van der Waals surface area contributed by atoms with Crippen molar-refractivity contribution in [2.24, 2.45) is 0 Å². The van der Waals surface area contributed by atoms with Gasteiger partial charge in [-0.25, -0.2) is 0 Å². The summed E-state index contributed by atoms with van der Waals surface area (Å²) in [5, 5.41) is 0. The number of nitrogen functional groups attached to an aromatic ring is 1. The van der Waals surface area contributed by atoms with Gasteiger partial charge in [0.15, 0.2) is 0 Å². The van der Waals surface area contributed by atoms with E-state index in [-0.39, 0.29) is 0 Å². The van der Waals surface area contributed by atoms with Gasteiger partial charge in [0.1, 0.15) is 0 Å². The second-order valence-corrected chi connectivity index (χ2v) is 6.02. The minimum atomic E-state index is 0.838. The zero-order valence-electron chi connectivity index (χ0n) is 14.5. The van der Waals surface area contributed by atoms with Crippen molar-refractivity contribution >= 4 is 11.8 Å². The van der Waals surface area contributed by atoms with Crippen molar-refractivity contribution in [2.45, 2.75) is 20.3 Å². The lowest BCUT2D eigenvalue weighted by atomic mass is 10.0. The first kappa shape index (κ1) is 17.6. The van der Waals surface area contributed by atoms with Gasteiger partial charge in [-0.3, -0.25) is 0 Å². The molecule has 3 aromatic carbocycles. The molecule has 0 unspecified atom stereocenters. The molecule has 122 valence electrons. The smallest absolute Gasteiger partial charge is 0.0316 e. The molecule has 0 aliphatic rings. The molecule has 0 saturated carbocycles. The third kappa shape index (κ3) is 5.77. The van der Waals surface area contributed by atoms with E-state index in [1.165, 1.54) is 27.8 Å². The standard InChI is InChI=1S/C16H16.C7H9N/c1-3-14-8-10-16(11-9-14)12-15-6-4-13(2)5-7-15;1-6-3-2-4-7(8)5-6/h3-11H,1,12H2,2H3;2-5H,8H2,1H3. The third-order valence-corrected chi connectivity index (χ3v) is 3.79. The normalized spacial score (nSPS) is 9.75. The maximum absolute atomic E-state index is 5.46. The number of benzene rings is 3. The first-order valence-corrected chi connectivity index (χ1v) is 8.16. The molecule has 0 aliphatic carbocycles. The van der Waals surface area contributed by atoms with E-state index in [0.29, 0.717) is 0 Å². The summed E-state index contributed by atoms with van der Waals surface area (Å²) in [4.78, 5) is 0. The fraction of sp³-hybridized carbons (Fsp3) is 0.130. The zero-order chi connectivity index (χ0) is 17.4. The highest BCUT2D eigenvalue weighted by Gasteiger charge is 1.96. The van der Waals surface area contributed by atoms with E-state index in [1.54, 1.807) is 0 Å². The molecular weight excluding hydrogens is 290 g/mol. The lowest BCUT2D eigenvalue weighted by molar-refractivity contribution is 1.19. The largest absolute Gasteiger partial charge is 0.399 e.